The molecule has 12 N–H and O–H groups in total. The number of carbonyl (C=O) groups excluding carboxylic acids is 7. The molecule has 338 valence electrons. The molecular formula is C43H40F3N3O15. The Labute approximate surface area is 358 Å². The lowest BCUT2D eigenvalue weighted by molar-refractivity contribution is -0.149. The number of benzene rings is 2. The first-order chi connectivity index (χ1) is 29.6. The van der Waals surface area contributed by atoms with Crippen molar-refractivity contribution in [2.75, 3.05) is 19.0 Å². The van der Waals surface area contributed by atoms with Gasteiger partial charge >= 0.3 is 6.18 Å². The van der Waals surface area contributed by atoms with Crippen molar-refractivity contribution >= 4 is 57.9 Å². The van der Waals surface area contributed by atoms with Crippen molar-refractivity contribution in [1.82, 2.24) is 0 Å². The van der Waals surface area contributed by atoms with E-state index in [1.54, 1.807) is 0 Å². The number of amides is 2. The Hall–Kier alpha value is -7.00. The van der Waals surface area contributed by atoms with Crippen LogP contribution in [0.5, 0.6) is 11.5 Å². The Morgan fingerprint density at radius 2 is 1.14 bits per heavy atom. The van der Waals surface area contributed by atoms with E-state index in [2.05, 4.69) is 0 Å². The van der Waals surface area contributed by atoms with Crippen molar-refractivity contribution in [3.05, 3.63) is 85.4 Å². The standard InChI is InChI=1S/C22H21F3N2O7.C21H19NO8/c1-27(2)11-6-10(22(23,24)25)16(29)14-9(11)4-7-3-8-5-12(28)15(20(26)33)19(32)21(8,34)18(31)13(7)17(14)30;1-7(23)10-2-3-12(24)15-11(10)5-8-4-9-6-13(25)16(20(22)29)19(28)21(9,30)18(27)14(8)17(15)26/h6-8,29-30,32,34H,3-5H2,1-2H3,(H2,26,33);2-3,8-9,24,26,28,30H,4-6H2,1H3,(H2,22,29)/t7-,8+,21+;8-,9+,21+/m11/s1. The number of primary amides is 2. The summed E-state index contributed by atoms with van der Waals surface area (Å²) in [5.74, 6) is -16.2. The molecule has 0 bridgehead atoms. The van der Waals surface area contributed by atoms with E-state index in [-0.39, 0.29) is 71.6 Å². The zero-order chi connectivity index (χ0) is 47.6. The minimum absolute atomic E-state index is 0.0237. The number of ketones is 5. The minimum atomic E-state index is -4.98. The van der Waals surface area contributed by atoms with Gasteiger partial charge in [0.25, 0.3) is 11.8 Å². The van der Waals surface area contributed by atoms with E-state index >= 15 is 0 Å². The maximum Gasteiger partial charge on any atom is 0.420 e. The zero-order valence-electron chi connectivity index (χ0n) is 34.0. The lowest BCUT2D eigenvalue weighted by atomic mass is 9.59. The van der Waals surface area contributed by atoms with E-state index in [0.29, 0.717) is 5.56 Å². The van der Waals surface area contributed by atoms with Crippen LogP contribution in [0.15, 0.2) is 52.0 Å². The number of halogens is 3. The molecule has 2 aromatic rings. The highest BCUT2D eigenvalue weighted by atomic mass is 19.4. The van der Waals surface area contributed by atoms with Crippen LogP contribution in [-0.4, -0.2) is 107 Å². The van der Waals surface area contributed by atoms with Crippen molar-refractivity contribution in [3.63, 3.8) is 0 Å². The second-order valence-electron chi connectivity index (χ2n) is 16.9. The molecule has 64 heavy (non-hydrogen) atoms. The van der Waals surface area contributed by atoms with E-state index in [0.717, 1.165) is 6.07 Å². The second-order valence-corrected chi connectivity index (χ2v) is 16.9. The van der Waals surface area contributed by atoms with Crippen molar-refractivity contribution < 1.29 is 87.6 Å². The highest BCUT2D eigenvalue weighted by Gasteiger charge is 2.62. The number of rotatable bonds is 4. The van der Waals surface area contributed by atoms with Gasteiger partial charge in [-0.15, -0.1) is 0 Å². The fraction of sp³-hybridized carbons (Fsp3) is 0.372. The Bertz CT molecular complexity index is 2730. The van der Waals surface area contributed by atoms with E-state index in [9.17, 15) is 87.6 Å². The Morgan fingerprint density at radius 3 is 1.55 bits per heavy atom. The van der Waals surface area contributed by atoms with Gasteiger partial charge in [0, 0.05) is 61.2 Å². The van der Waals surface area contributed by atoms with Crippen LogP contribution in [0.2, 0.25) is 0 Å². The Morgan fingerprint density at radius 1 is 0.703 bits per heavy atom. The summed E-state index contributed by atoms with van der Waals surface area (Å²) in [6.45, 7) is 1.34. The molecule has 6 aliphatic rings. The van der Waals surface area contributed by atoms with Crippen molar-refractivity contribution in [1.29, 1.82) is 0 Å². The summed E-state index contributed by atoms with van der Waals surface area (Å²) in [5, 5.41) is 85.8. The second kappa shape index (κ2) is 14.8. The number of aliphatic hydroxyl groups is 6. The van der Waals surface area contributed by atoms with Crippen LogP contribution in [0.25, 0.3) is 11.5 Å². The van der Waals surface area contributed by atoms with Gasteiger partial charge in [0.15, 0.2) is 28.6 Å². The number of phenolic OH excluding ortho intramolecular Hbond substituents is 2. The van der Waals surface area contributed by atoms with Crippen LogP contribution in [0.1, 0.15) is 70.8 Å². The van der Waals surface area contributed by atoms with Crippen molar-refractivity contribution in [2.24, 2.45) is 35.1 Å². The third-order valence-electron chi connectivity index (χ3n) is 13.2. The molecule has 0 unspecified atom stereocenters. The number of hydrogen-bond donors (Lipinski definition) is 10. The molecule has 18 nitrogen and oxygen atoms in total. The van der Waals surface area contributed by atoms with Gasteiger partial charge in [-0.25, -0.2) is 0 Å². The van der Waals surface area contributed by atoms with Gasteiger partial charge in [-0.05, 0) is 73.8 Å². The van der Waals surface area contributed by atoms with E-state index < -0.39 is 139 Å². The Balaban J connectivity index is 0.000000193. The molecule has 6 atom stereocenters. The lowest BCUT2D eigenvalue weighted by Gasteiger charge is -2.46. The number of aliphatic hydroxyl groups excluding tert-OH is 4. The summed E-state index contributed by atoms with van der Waals surface area (Å²) in [4.78, 5) is 87.9. The molecule has 2 aromatic carbocycles. The third-order valence-corrected chi connectivity index (χ3v) is 13.2. The molecule has 0 aromatic heterocycles. The fourth-order valence-corrected chi connectivity index (χ4v) is 10.2. The number of carbonyl (C=O) groups is 7. The molecule has 0 heterocycles. The molecule has 0 aliphatic heterocycles. The number of nitrogens with zero attached hydrogens (tertiary/aromatic N) is 1. The largest absolute Gasteiger partial charge is 0.508 e. The van der Waals surface area contributed by atoms with E-state index in [4.69, 9.17) is 11.5 Å². The van der Waals surface area contributed by atoms with Crippen LogP contribution in [0.4, 0.5) is 18.9 Å². The van der Waals surface area contributed by atoms with Crippen LogP contribution in [0, 0.1) is 23.7 Å². The van der Waals surface area contributed by atoms with Crippen LogP contribution < -0.4 is 16.4 Å². The number of phenols is 2. The van der Waals surface area contributed by atoms with Crippen LogP contribution in [0.3, 0.4) is 0 Å². The average molecular weight is 896 g/mol. The van der Waals surface area contributed by atoms with Gasteiger partial charge in [0.1, 0.15) is 51.2 Å². The summed E-state index contributed by atoms with van der Waals surface area (Å²) >= 11 is 0. The maximum atomic E-state index is 13.6. The van der Waals surface area contributed by atoms with Gasteiger partial charge < -0.3 is 57.2 Å². The maximum absolute atomic E-state index is 13.6. The number of Topliss-reactive ketones (excluding diaryl/α,β-unsaturated/α-hetero) is 5. The highest BCUT2D eigenvalue weighted by Crippen LogP contribution is 2.56. The fourth-order valence-electron chi connectivity index (χ4n) is 10.2. The minimum Gasteiger partial charge on any atom is -0.508 e. The number of nitrogens with two attached hydrogens (primary N) is 2. The molecule has 2 amide bonds. The molecule has 6 aliphatic carbocycles. The molecule has 2 saturated carbocycles. The average Bonchev–Trinajstić information content (AvgIpc) is 3.17. The summed E-state index contributed by atoms with van der Waals surface area (Å²) in [5.41, 5.74) is 1.08. The number of anilines is 1. The zero-order valence-corrected chi connectivity index (χ0v) is 34.0. The van der Waals surface area contributed by atoms with Gasteiger partial charge in [-0.2, -0.15) is 13.2 Å². The van der Waals surface area contributed by atoms with Crippen LogP contribution in [-0.2, 0) is 47.8 Å². The van der Waals surface area contributed by atoms with Crippen LogP contribution >= 0.6 is 0 Å². The molecule has 0 spiro atoms. The number of aromatic hydroxyl groups is 2. The first-order valence-corrected chi connectivity index (χ1v) is 19.6. The van der Waals surface area contributed by atoms with Gasteiger partial charge in [-0.1, -0.05) is 0 Å². The number of hydrogen-bond acceptors (Lipinski definition) is 16. The topological polar surface area (TPSA) is 337 Å². The molecule has 0 radical (unpaired) electrons. The van der Waals surface area contributed by atoms with E-state index in [1.807, 2.05) is 0 Å². The monoisotopic (exact) mass is 895 g/mol. The van der Waals surface area contributed by atoms with Crippen molar-refractivity contribution in [3.8, 4) is 11.5 Å². The van der Waals surface area contributed by atoms with Gasteiger partial charge in [-0.3, -0.25) is 33.6 Å². The quantitative estimate of drug-likeness (QED) is 0.155. The lowest BCUT2D eigenvalue weighted by Crippen LogP contribution is -2.58. The van der Waals surface area contributed by atoms with Gasteiger partial charge in [0.05, 0.1) is 11.1 Å². The summed E-state index contributed by atoms with van der Waals surface area (Å²) in [7, 11) is 2.95. The SMILES string of the molecule is CC(=O)c1ccc(O)c2c1C[C@H]1C[C@H]3CC(=O)C(C(N)=O)=C(O)[C@@]3(O)C(=O)C1=C2O.CN(C)c1cc(C(F)(F)F)c(O)c2c1C[C@H]1C[C@H]3CC(=O)C(C(N)=O)=C(O)[C@@]3(O)C(=O)C1=C2O. The molecule has 21 heteroatoms. The predicted molar refractivity (Wildman–Crippen MR) is 212 cm³/mol. The Kier molecular flexibility index (Phi) is 10.4. The number of fused-ring (bicyclic) bond motifs is 6. The smallest absolute Gasteiger partial charge is 0.420 e. The molecule has 2 fully saturated rings. The normalized spacial score (nSPS) is 27.4. The summed E-state index contributed by atoms with van der Waals surface area (Å²) < 4.78 is 40.8. The van der Waals surface area contributed by atoms with Gasteiger partial charge in [0.2, 0.25) is 11.6 Å². The first-order valence-electron chi connectivity index (χ1n) is 19.6. The number of alkyl halides is 3. The molecule has 8 rings (SSSR count). The van der Waals surface area contributed by atoms with E-state index in [1.165, 1.54) is 38.1 Å². The highest BCUT2D eigenvalue weighted by molar-refractivity contribution is 6.24. The van der Waals surface area contributed by atoms with Crippen molar-refractivity contribution in [2.45, 2.75) is 62.8 Å². The molecular weight excluding hydrogens is 855 g/mol. The summed E-state index contributed by atoms with van der Waals surface area (Å²) in [6, 6.07) is 3.39. The third kappa shape index (κ3) is 6.26. The summed E-state index contributed by atoms with van der Waals surface area (Å²) in [6.07, 6.45) is -5.92. The molecule has 0 saturated heterocycles. The predicted octanol–water partition coefficient (Wildman–Crippen LogP) is 2.14. The first kappa shape index (κ1) is 45.0.